The molecule has 1 aliphatic heterocycles. The molecule has 0 radical (unpaired) electrons. The first-order valence-electron chi connectivity index (χ1n) is 8.44. The summed E-state index contributed by atoms with van der Waals surface area (Å²) in [5, 5.41) is 0. The summed E-state index contributed by atoms with van der Waals surface area (Å²) in [6.45, 7) is 2.35. The second-order valence-corrected chi connectivity index (χ2v) is 8.45. The van der Waals surface area contributed by atoms with E-state index in [-0.39, 0.29) is 5.75 Å². The van der Waals surface area contributed by atoms with Gasteiger partial charge in [-0.2, -0.15) is 0 Å². The largest absolute Gasteiger partial charge is 0.375 e. The van der Waals surface area contributed by atoms with Gasteiger partial charge in [0.15, 0.2) is 0 Å². The predicted octanol–water partition coefficient (Wildman–Crippen LogP) is 2.15. The molecule has 1 aliphatic rings. The molecule has 0 bridgehead atoms. The second kappa shape index (κ2) is 6.46. The molecule has 3 aromatic rings. The Morgan fingerprint density at radius 1 is 1.35 bits per heavy atom. The topological polar surface area (TPSA) is 86.1 Å². The molecule has 1 unspecified atom stereocenters. The van der Waals surface area contributed by atoms with Crippen LogP contribution in [0.1, 0.15) is 24.1 Å². The lowest BCUT2D eigenvalue weighted by molar-refractivity contribution is 0.0884. The van der Waals surface area contributed by atoms with Crippen molar-refractivity contribution in [3.63, 3.8) is 0 Å². The fourth-order valence-electron chi connectivity index (χ4n) is 3.27. The predicted molar refractivity (Wildman–Crippen MR) is 98.9 cm³/mol. The van der Waals surface area contributed by atoms with Gasteiger partial charge >= 0.3 is 0 Å². The van der Waals surface area contributed by atoms with E-state index in [4.69, 9.17) is 4.74 Å². The van der Waals surface area contributed by atoms with Crippen LogP contribution in [0.25, 0.3) is 22.2 Å². The summed E-state index contributed by atoms with van der Waals surface area (Å²) < 4.78 is 34.3. The van der Waals surface area contributed by atoms with Crippen LogP contribution >= 0.6 is 0 Å². The van der Waals surface area contributed by atoms with Gasteiger partial charge in [0.25, 0.3) is 0 Å². The zero-order valence-electron chi connectivity index (χ0n) is 14.6. The number of aryl methyl sites for hydroxylation is 1. The van der Waals surface area contributed by atoms with Crippen LogP contribution in [-0.4, -0.2) is 35.3 Å². The zero-order chi connectivity index (χ0) is 18.3. The number of nitrogens with zero attached hydrogens (tertiary/aromatic N) is 3. The third-order valence-corrected chi connectivity index (χ3v) is 6.14. The Bertz CT molecular complexity index is 1080. The fraction of sp³-hybridized carbons (Fsp3) is 0.333. The lowest BCUT2D eigenvalue weighted by Crippen LogP contribution is -2.35. The molecular weight excluding hydrogens is 352 g/mol. The first kappa shape index (κ1) is 17.1. The van der Waals surface area contributed by atoms with Crippen molar-refractivity contribution in [1.29, 1.82) is 0 Å². The molecule has 1 N–H and O–H groups in total. The van der Waals surface area contributed by atoms with Crippen molar-refractivity contribution in [1.82, 2.24) is 19.3 Å². The highest BCUT2D eigenvalue weighted by atomic mass is 32.2. The van der Waals surface area contributed by atoms with Gasteiger partial charge in [0.2, 0.25) is 10.0 Å². The van der Waals surface area contributed by atoms with E-state index in [1.807, 2.05) is 23.7 Å². The summed E-state index contributed by atoms with van der Waals surface area (Å²) in [7, 11) is -1.38. The normalized spacial score (nSPS) is 17.4. The smallest absolute Gasteiger partial charge is 0.211 e. The average molecular weight is 372 g/mol. The third-order valence-electron chi connectivity index (χ3n) is 4.74. The third kappa shape index (κ3) is 3.00. The summed E-state index contributed by atoms with van der Waals surface area (Å²) in [6, 6.07) is 5.63. The minimum atomic E-state index is -3.34. The van der Waals surface area contributed by atoms with Crippen LogP contribution in [0.5, 0.6) is 0 Å². The lowest BCUT2D eigenvalue weighted by atomic mass is 9.94. The molecule has 3 heterocycles. The minimum Gasteiger partial charge on any atom is -0.375 e. The van der Waals surface area contributed by atoms with E-state index in [1.54, 1.807) is 25.6 Å². The highest BCUT2D eigenvalue weighted by Gasteiger charge is 2.27. The van der Waals surface area contributed by atoms with Crippen LogP contribution in [0.3, 0.4) is 0 Å². The number of pyridine rings is 1. The van der Waals surface area contributed by atoms with Gasteiger partial charge in [-0.05, 0) is 35.7 Å². The van der Waals surface area contributed by atoms with Crippen molar-refractivity contribution in [2.75, 3.05) is 12.4 Å². The number of hydrogen-bond donors (Lipinski definition) is 1. The Labute approximate surface area is 152 Å². The van der Waals surface area contributed by atoms with Crippen LogP contribution in [0.4, 0.5) is 0 Å². The van der Waals surface area contributed by atoms with E-state index in [0.717, 1.165) is 33.3 Å². The molecule has 0 amide bonds. The molecule has 26 heavy (non-hydrogen) atoms. The number of ether oxygens (including phenoxy) is 1. The van der Waals surface area contributed by atoms with E-state index in [2.05, 4.69) is 20.8 Å². The highest BCUT2D eigenvalue weighted by molar-refractivity contribution is 7.89. The summed E-state index contributed by atoms with van der Waals surface area (Å²) >= 11 is 0. The van der Waals surface area contributed by atoms with Crippen molar-refractivity contribution in [3.05, 3.63) is 48.0 Å². The number of hydrogen-bond acceptors (Lipinski definition) is 5. The maximum absolute atomic E-state index is 12.0. The van der Waals surface area contributed by atoms with Gasteiger partial charge in [0.1, 0.15) is 0 Å². The first-order chi connectivity index (χ1) is 12.5. The van der Waals surface area contributed by atoms with Gasteiger partial charge in [-0.1, -0.05) is 6.07 Å². The average Bonchev–Trinajstić information content (AvgIpc) is 3.02. The Hall–Kier alpha value is -2.29. The van der Waals surface area contributed by atoms with E-state index in [1.165, 1.54) is 0 Å². The van der Waals surface area contributed by atoms with E-state index in [0.29, 0.717) is 13.2 Å². The Balaban J connectivity index is 1.80. The van der Waals surface area contributed by atoms with Crippen LogP contribution in [0.15, 0.2) is 36.9 Å². The highest BCUT2D eigenvalue weighted by Crippen LogP contribution is 2.33. The molecular formula is C18H20N4O3S. The number of sulfonamides is 1. The van der Waals surface area contributed by atoms with Crippen molar-refractivity contribution >= 4 is 21.1 Å². The monoisotopic (exact) mass is 372 g/mol. The molecule has 1 aromatic carbocycles. The maximum atomic E-state index is 12.0. The minimum absolute atomic E-state index is 0.0309. The number of fused-ring (bicyclic) bond motifs is 2. The number of rotatable bonds is 4. The number of benzene rings is 1. The molecule has 0 spiro atoms. The Kier molecular flexibility index (Phi) is 4.26. The molecule has 2 aromatic heterocycles. The summed E-state index contributed by atoms with van der Waals surface area (Å²) in [4.78, 5) is 8.71. The second-order valence-electron chi connectivity index (χ2n) is 6.40. The molecule has 7 nitrogen and oxygen atoms in total. The Morgan fingerprint density at radius 2 is 2.19 bits per heavy atom. The van der Waals surface area contributed by atoms with E-state index < -0.39 is 16.1 Å². The molecule has 8 heteroatoms. The molecule has 0 aliphatic carbocycles. The van der Waals surface area contributed by atoms with Gasteiger partial charge in [-0.15, -0.1) is 0 Å². The van der Waals surface area contributed by atoms with E-state index in [9.17, 15) is 8.42 Å². The zero-order valence-corrected chi connectivity index (χ0v) is 15.5. The molecule has 0 saturated carbocycles. The van der Waals surface area contributed by atoms with Gasteiger partial charge in [-0.25, -0.2) is 18.1 Å². The van der Waals surface area contributed by atoms with Crippen LogP contribution in [0.2, 0.25) is 0 Å². The van der Waals surface area contributed by atoms with Gasteiger partial charge in [0.05, 0.1) is 42.4 Å². The van der Waals surface area contributed by atoms with Gasteiger partial charge in [-0.3, -0.25) is 4.98 Å². The summed E-state index contributed by atoms with van der Waals surface area (Å²) in [6.07, 6.45) is 5.31. The maximum Gasteiger partial charge on any atom is 0.211 e. The Morgan fingerprint density at radius 3 is 3.00 bits per heavy atom. The van der Waals surface area contributed by atoms with Crippen molar-refractivity contribution in [3.8, 4) is 11.1 Å². The quantitative estimate of drug-likeness (QED) is 0.758. The van der Waals surface area contributed by atoms with Crippen molar-refractivity contribution < 1.29 is 13.2 Å². The van der Waals surface area contributed by atoms with Crippen LogP contribution in [0, 0.1) is 0 Å². The van der Waals surface area contributed by atoms with E-state index >= 15 is 0 Å². The molecule has 1 atom stereocenters. The summed E-state index contributed by atoms with van der Waals surface area (Å²) in [5.74, 6) is 0.0309. The van der Waals surface area contributed by atoms with Gasteiger partial charge in [0, 0.05) is 25.0 Å². The lowest BCUT2D eigenvalue weighted by Gasteiger charge is -2.27. The molecule has 0 saturated heterocycles. The molecule has 136 valence electrons. The van der Waals surface area contributed by atoms with Crippen LogP contribution in [-0.2, 0) is 28.4 Å². The van der Waals surface area contributed by atoms with Gasteiger partial charge < -0.3 is 9.30 Å². The van der Waals surface area contributed by atoms with Crippen molar-refractivity contribution in [2.24, 2.45) is 7.05 Å². The SMILES string of the molecule is CCS(=O)(=O)NC1COCc2c(-c3ccc4ncn(C)c4c3)cncc21. The first-order valence-corrected chi connectivity index (χ1v) is 10.1. The van der Waals surface area contributed by atoms with Crippen LogP contribution < -0.4 is 4.72 Å². The fourth-order valence-corrected chi connectivity index (χ4v) is 4.07. The van der Waals surface area contributed by atoms with Crippen molar-refractivity contribution in [2.45, 2.75) is 19.6 Å². The molecule has 4 rings (SSSR count). The standard InChI is InChI=1S/C18H20N4O3S/c1-3-26(23,24)21-17-10-25-9-15-13(7-19-8-14(15)17)12-4-5-16-18(6-12)22(2)11-20-16/h4-8,11,17,21H,3,9-10H2,1-2H3. The number of aromatic nitrogens is 3. The molecule has 0 fully saturated rings. The summed E-state index contributed by atoms with van der Waals surface area (Å²) in [5.41, 5.74) is 5.76. The number of imidazole rings is 1. The number of nitrogens with one attached hydrogen (secondary N) is 1.